The molecule has 0 unspecified atom stereocenters. The van der Waals surface area contributed by atoms with Crippen LogP contribution in [-0.4, -0.2) is 43.9 Å². The molecule has 1 aliphatic heterocycles. The van der Waals surface area contributed by atoms with Crippen LogP contribution in [0.25, 0.3) is 10.9 Å². The summed E-state index contributed by atoms with van der Waals surface area (Å²) in [4.78, 5) is 19.8. The summed E-state index contributed by atoms with van der Waals surface area (Å²) in [6, 6.07) is 8.21. The fraction of sp³-hybridized carbons (Fsp3) is 0.455. The first-order chi connectivity index (χ1) is 13.7. The van der Waals surface area contributed by atoms with Gasteiger partial charge in [-0.15, -0.1) is 5.10 Å². The number of hydrogen-bond acceptors (Lipinski definition) is 5. The van der Waals surface area contributed by atoms with Gasteiger partial charge in [-0.2, -0.15) is 0 Å². The van der Waals surface area contributed by atoms with Gasteiger partial charge in [0.05, 0.1) is 28.9 Å². The van der Waals surface area contributed by atoms with Crippen LogP contribution in [0, 0.1) is 13.8 Å². The van der Waals surface area contributed by atoms with E-state index in [1.807, 2.05) is 67.7 Å². The van der Waals surface area contributed by atoms with Crippen molar-refractivity contribution in [1.29, 1.82) is 0 Å². The lowest BCUT2D eigenvalue weighted by atomic mass is 10.0. The van der Waals surface area contributed by atoms with E-state index in [4.69, 9.17) is 5.73 Å². The van der Waals surface area contributed by atoms with Gasteiger partial charge in [0.1, 0.15) is 5.69 Å². The zero-order chi connectivity index (χ0) is 20.8. The third kappa shape index (κ3) is 3.87. The molecule has 3 aromatic rings. The Hall–Kier alpha value is -2.80. The van der Waals surface area contributed by atoms with Crippen molar-refractivity contribution in [2.45, 2.75) is 52.1 Å². The minimum absolute atomic E-state index is 0.0759. The van der Waals surface area contributed by atoms with Crippen LogP contribution in [0.2, 0.25) is 0 Å². The first-order valence-electron chi connectivity index (χ1n) is 10.1. The van der Waals surface area contributed by atoms with Gasteiger partial charge in [-0.1, -0.05) is 16.8 Å². The fourth-order valence-corrected chi connectivity index (χ4v) is 3.90. The van der Waals surface area contributed by atoms with E-state index in [2.05, 4.69) is 15.3 Å². The van der Waals surface area contributed by atoms with E-state index >= 15 is 0 Å². The maximum Gasteiger partial charge on any atom is 0.254 e. The van der Waals surface area contributed by atoms with E-state index in [0.29, 0.717) is 13.1 Å². The number of pyridine rings is 1. The summed E-state index contributed by atoms with van der Waals surface area (Å²) in [6.45, 7) is 9.20. The van der Waals surface area contributed by atoms with Crippen molar-refractivity contribution in [2.75, 3.05) is 13.1 Å². The highest BCUT2D eigenvalue weighted by Crippen LogP contribution is 2.27. The van der Waals surface area contributed by atoms with Gasteiger partial charge >= 0.3 is 0 Å². The standard InChI is InChI=1S/C22H28N6O/c1-14-5-6-19-17(11-14)18(12-15(2)24-19)21(29)27-9-7-16(8-10-27)28-13-20(25-26-28)22(3,4)23/h5-6,11-13,16H,7-10,23H2,1-4H3. The number of amides is 1. The number of piperidine rings is 1. The number of likely N-dealkylation sites (tertiary alicyclic amines) is 1. The van der Waals surface area contributed by atoms with Gasteiger partial charge in [0.15, 0.2) is 0 Å². The SMILES string of the molecule is Cc1ccc2nc(C)cc(C(=O)N3CCC(n4cc(C(C)(C)N)nn4)CC3)c2c1. The first kappa shape index (κ1) is 19.5. The Kier molecular flexibility index (Phi) is 4.86. The first-order valence-corrected chi connectivity index (χ1v) is 10.1. The topological polar surface area (TPSA) is 89.9 Å². The van der Waals surface area contributed by atoms with E-state index in [0.717, 1.165) is 46.3 Å². The molecule has 4 rings (SSSR count). The van der Waals surface area contributed by atoms with Crippen LogP contribution < -0.4 is 5.73 Å². The van der Waals surface area contributed by atoms with Gasteiger partial charge in [-0.3, -0.25) is 9.78 Å². The van der Waals surface area contributed by atoms with Crippen molar-refractivity contribution >= 4 is 16.8 Å². The molecule has 0 spiro atoms. The molecule has 1 fully saturated rings. The molecule has 0 aliphatic carbocycles. The monoisotopic (exact) mass is 392 g/mol. The fourth-order valence-electron chi connectivity index (χ4n) is 3.90. The second kappa shape index (κ2) is 7.22. The second-order valence-electron chi connectivity index (χ2n) is 8.66. The van der Waals surface area contributed by atoms with Crippen molar-refractivity contribution < 1.29 is 4.79 Å². The van der Waals surface area contributed by atoms with Gasteiger partial charge in [0.2, 0.25) is 0 Å². The smallest absolute Gasteiger partial charge is 0.254 e. The molecule has 7 heteroatoms. The summed E-state index contributed by atoms with van der Waals surface area (Å²) in [7, 11) is 0. The van der Waals surface area contributed by atoms with E-state index in [1.165, 1.54) is 0 Å². The Balaban J connectivity index is 1.52. The van der Waals surface area contributed by atoms with E-state index < -0.39 is 5.54 Å². The molecule has 3 heterocycles. The maximum absolute atomic E-state index is 13.3. The number of nitrogens with zero attached hydrogens (tertiary/aromatic N) is 5. The highest BCUT2D eigenvalue weighted by molar-refractivity contribution is 6.06. The second-order valence-corrected chi connectivity index (χ2v) is 8.66. The summed E-state index contributed by atoms with van der Waals surface area (Å²) in [5.74, 6) is 0.0759. The zero-order valence-corrected chi connectivity index (χ0v) is 17.5. The van der Waals surface area contributed by atoms with Crippen molar-refractivity contribution in [3.63, 3.8) is 0 Å². The molecular formula is C22H28N6O. The van der Waals surface area contributed by atoms with Crippen LogP contribution in [0.5, 0.6) is 0 Å². The molecule has 7 nitrogen and oxygen atoms in total. The lowest BCUT2D eigenvalue weighted by molar-refractivity contribution is 0.0691. The molecule has 1 amide bonds. The van der Waals surface area contributed by atoms with Crippen LogP contribution in [0.15, 0.2) is 30.5 Å². The number of carbonyl (C=O) groups excluding carboxylic acids is 1. The molecule has 0 radical (unpaired) electrons. The Bertz CT molecular complexity index is 1060. The molecule has 1 aromatic carbocycles. The minimum atomic E-state index is -0.507. The van der Waals surface area contributed by atoms with Gasteiger partial charge in [0.25, 0.3) is 5.91 Å². The summed E-state index contributed by atoms with van der Waals surface area (Å²) in [5, 5.41) is 9.41. The van der Waals surface area contributed by atoms with Crippen LogP contribution in [0.4, 0.5) is 0 Å². The Labute approximate surface area is 170 Å². The number of hydrogen-bond donors (Lipinski definition) is 1. The predicted molar refractivity (Wildman–Crippen MR) is 113 cm³/mol. The van der Waals surface area contributed by atoms with Crippen molar-refractivity contribution in [3.8, 4) is 0 Å². The lowest BCUT2D eigenvalue weighted by Gasteiger charge is -2.32. The molecule has 2 N–H and O–H groups in total. The molecule has 1 saturated heterocycles. The van der Waals surface area contributed by atoms with Crippen molar-refractivity contribution in [3.05, 3.63) is 53.0 Å². The number of nitrogens with two attached hydrogens (primary N) is 1. The highest BCUT2D eigenvalue weighted by Gasteiger charge is 2.28. The van der Waals surface area contributed by atoms with E-state index in [9.17, 15) is 4.79 Å². The van der Waals surface area contributed by atoms with Crippen LogP contribution in [-0.2, 0) is 5.54 Å². The molecule has 0 atom stereocenters. The lowest BCUT2D eigenvalue weighted by Crippen LogP contribution is -2.39. The highest BCUT2D eigenvalue weighted by atomic mass is 16.2. The molecule has 0 saturated carbocycles. The van der Waals surface area contributed by atoms with Crippen molar-refractivity contribution in [1.82, 2.24) is 24.9 Å². The van der Waals surface area contributed by atoms with Gasteiger partial charge in [0, 0.05) is 24.2 Å². The van der Waals surface area contributed by atoms with Gasteiger partial charge in [-0.25, -0.2) is 4.68 Å². The Morgan fingerprint density at radius 3 is 2.55 bits per heavy atom. The van der Waals surface area contributed by atoms with Crippen LogP contribution in [0.3, 0.4) is 0 Å². The third-order valence-corrected chi connectivity index (χ3v) is 5.62. The minimum Gasteiger partial charge on any atom is -0.338 e. The average Bonchev–Trinajstić information content (AvgIpc) is 3.18. The van der Waals surface area contributed by atoms with E-state index in [-0.39, 0.29) is 11.9 Å². The van der Waals surface area contributed by atoms with E-state index in [1.54, 1.807) is 0 Å². The summed E-state index contributed by atoms with van der Waals surface area (Å²) < 4.78 is 1.90. The number of aryl methyl sites for hydroxylation is 2. The molecular weight excluding hydrogens is 364 g/mol. The molecule has 1 aliphatic rings. The van der Waals surface area contributed by atoms with Crippen LogP contribution >= 0.6 is 0 Å². The van der Waals surface area contributed by atoms with Crippen molar-refractivity contribution in [2.24, 2.45) is 5.73 Å². The average molecular weight is 393 g/mol. The molecule has 152 valence electrons. The van der Waals surface area contributed by atoms with Gasteiger partial charge in [-0.05, 0) is 58.7 Å². The summed E-state index contributed by atoms with van der Waals surface area (Å²) in [5.41, 5.74) is 9.99. The third-order valence-electron chi connectivity index (χ3n) is 5.62. The molecule has 2 aromatic heterocycles. The molecule has 0 bridgehead atoms. The Morgan fingerprint density at radius 1 is 1.17 bits per heavy atom. The summed E-state index contributed by atoms with van der Waals surface area (Å²) >= 11 is 0. The number of fused-ring (bicyclic) bond motifs is 1. The quantitative estimate of drug-likeness (QED) is 0.740. The zero-order valence-electron chi connectivity index (χ0n) is 17.5. The Morgan fingerprint density at radius 2 is 1.90 bits per heavy atom. The number of benzene rings is 1. The number of aromatic nitrogens is 4. The number of rotatable bonds is 3. The molecule has 29 heavy (non-hydrogen) atoms. The van der Waals surface area contributed by atoms with Gasteiger partial charge < -0.3 is 10.6 Å². The maximum atomic E-state index is 13.3. The normalized spacial score (nSPS) is 15.8. The number of carbonyl (C=O) groups is 1. The largest absolute Gasteiger partial charge is 0.338 e. The summed E-state index contributed by atoms with van der Waals surface area (Å²) in [6.07, 6.45) is 3.63. The van der Waals surface area contributed by atoms with Crippen LogP contribution in [0.1, 0.15) is 60.0 Å². The predicted octanol–water partition coefficient (Wildman–Crippen LogP) is 3.11.